The van der Waals surface area contributed by atoms with Crippen LogP contribution in [0.4, 0.5) is 30.5 Å². The fraction of sp³-hybridized carbons (Fsp3) is 0.400. The maximum atomic E-state index is 14.9. The standard InChI is InChI=1S/C20H23FN6O4S/c1-13(28)23-11-15-12-27(20(30)31-15)14-2-3-17(16(21)10-14)25-5-7-26(8-6-25)19(29)24-18-22-4-9-32-18/h2-4,9-10,15H,5-8,11-12H2,1H3,(H,23,28)(H,22,24,29)/t15-/m0/s1. The van der Waals surface area contributed by atoms with Crippen molar-refractivity contribution in [3.8, 4) is 0 Å². The molecule has 1 aromatic heterocycles. The molecule has 32 heavy (non-hydrogen) atoms. The predicted octanol–water partition coefficient (Wildman–Crippen LogP) is 2.10. The van der Waals surface area contributed by atoms with Crippen LogP contribution in [0.3, 0.4) is 0 Å². The van der Waals surface area contributed by atoms with Crippen LogP contribution in [0.15, 0.2) is 29.8 Å². The summed E-state index contributed by atoms with van der Waals surface area (Å²) in [5, 5.41) is 7.68. The monoisotopic (exact) mass is 462 g/mol. The highest BCUT2D eigenvalue weighted by molar-refractivity contribution is 7.13. The lowest BCUT2D eigenvalue weighted by Gasteiger charge is -2.36. The molecule has 3 heterocycles. The van der Waals surface area contributed by atoms with Crippen molar-refractivity contribution in [1.82, 2.24) is 15.2 Å². The molecule has 2 saturated heterocycles. The van der Waals surface area contributed by atoms with Crippen molar-refractivity contribution < 1.29 is 23.5 Å². The van der Waals surface area contributed by atoms with Gasteiger partial charge in [0, 0.05) is 44.7 Å². The van der Waals surface area contributed by atoms with E-state index in [0.717, 1.165) is 0 Å². The largest absolute Gasteiger partial charge is 0.442 e. The van der Waals surface area contributed by atoms with Gasteiger partial charge in [-0.3, -0.25) is 15.0 Å². The molecular weight excluding hydrogens is 439 g/mol. The first-order valence-electron chi connectivity index (χ1n) is 10.1. The summed E-state index contributed by atoms with van der Waals surface area (Å²) in [6.45, 7) is 3.67. The fourth-order valence-electron chi connectivity index (χ4n) is 3.62. The lowest BCUT2D eigenvalue weighted by Crippen LogP contribution is -2.50. The van der Waals surface area contributed by atoms with Crippen LogP contribution in [0.1, 0.15) is 6.92 Å². The molecule has 2 aliphatic rings. The van der Waals surface area contributed by atoms with E-state index in [-0.39, 0.29) is 25.0 Å². The van der Waals surface area contributed by atoms with Crippen molar-refractivity contribution in [1.29, 1.82) is 0 Å². The number of anilines is 3. The van der Waals surface area contributed by atoms with Crippen LogP contribution < -0.4 is 20.4 Å². The quantitative estimate of drug-likeness (QED) is 0.705. The van der Waals surface area contributed by atoms with Gasteiger partial charge in [0.25, 0.3) is 0 Å². The minimum absolute atomic E-state index is 0.207. The molecule has 0 bridgehead atoms. The molecule has 10 nitrogen and oxygen atoms in total. The number of halogens is 1. The van der Waals surface area contributed by atoms with Crippen molar-refractivity contribution in [2.45, 2.75) is 13.0 Å². The molecule has 170 valence electrons. The van der Waals surface area contributed by atoms with Gasteiger partial charge < -0.3 is 19.9 Å². The minimum Gasteiger partial charge on any atom is -0.442 e. The normalized spacial score (nSPS) is 18.5. The summed E-state index contributed by atoms with van der Waals surface area (Å²) < 4.78 is 20.1. The average molecular weight is 463 g/mol. The minimum atomic E-state index is -0.577. The van der Waals surface area contributed by atoms with E-state index in [4.69, 9.17) is 4.74 Å². The molecule has 2 aliphatic heterocycles. The third kappa shape index (κ3) is 4.90. The lowest BCUT2D eigenvalue weighted by molar-refractivity contribution is -0.119. The summed E-state index contributed by atoms with van der Waals surface area (Å²) in [6.07, 6.45) is 0.556. The first kappa shape index (κ1) is 21.8. The predicted molar refractivity (Wildman–Crippen MR) is 118 cm³/mol. The van der Waals surface area contributed by atoms with Gasteiger partial charge in [-0.1, -0.05) is 0 Å². The van der Waals surface area contributed by atoms with Crippen molar-refractivity contribution in [3.05, 3.63) is 35.6 Å². The Labute approximate surface area is 187 Å². The van der Waals surface area contributed by atoms with Gasteiger partial charge in [0.2, 0.25) is 5.91 Å². The Morgan fingerprint density at radius 1 is 1.28 bits per heavy atom. The number of rotatable bonds is 5. The summed E-state index contributed by atoms with van der Waals surface area (Å²) in [5.74, 6) is -0.669. The van der Waals surface area contributed by atoms with Gasteiger partial charge >= 0.3 is 12.1 Å². The van der Waals surface area contributed by atoms with E-state index in [9.17, 15) is 18.8 Å². The summed E-state index contributed by atoms with van der Waals surface area (Å²) in [4.78, 5) is 44.4. The Bertz CT molecular complexity index is 996. The van der Waals surface area contributed by atoms with E-state index in [0.29, 0.717) is 42.7 Å². The summed E-state index contributed by atoms with van der Waals surface area (Å²) in [6, 6.07) is 4.38. The number of ether oxygens (including phenoxy) is 1. The molecule has 2 aromatic rings. The number of carbonyl (C=O) groups excluding carboxylic acids is 3. The maximum Gasteiger partial charge on any atom is 0.414 e. The van der Waals surface area contributed by atoms with Crippen LogP contribution in [0, 0.1) is 5.82 Å². The fourth-order valence-corrected chi connectivity index (χ4v) is 4.14. The number of hydrogen-bond donors (Lipinski definition) is 2. The van der Waals surface area contributed by atoms with Crippen LogP contribution >= 0.6 is 11.3 Å². The van der Waals surface area contributed by atoms with Crippen molar-refractivity contribution in [3.63, 3.8) is 0 Å². The molecule has 12 heteroatoms. The van der Waals surface area contributed by atoms with E-state index in [1.165, 1.54) is 29.2 Å². The van der Waals surface area contributed by atoms with Crippen LogP contribution in [-0.4, -0.2) is 73.3 Å². The third-order valence-electron chi connectivity index (χ3n) is 5.25. The zero-order valence-corrected chi connectivity index (χ0v) is 18.2. The van der Waals surface area contributed by atoms with Crippen LogP contribution in [-0.2, 0) is 9.53 Å². The highest BCUT2D eigenvalue weighted by Crippen LogP contribution is 2.28. The van der Waals surface area contributed by atoms with Crippen molar-refractivity contribution in [2.24, 2.45) is 0 Å². The van der Waals surface area contributed by atoms with Gasteiger partial charge in [-0.15, -0.1) is 11.3 Å². The van der Waals surface area contributed by atoms with Gasteiger partial charge in [-0.2, -0.15) is 0 Å². The van der Waals surface area contributed by atoms with E-state index in [1.807, 2.05) is 4.90 Å². The molecule has 1 aromatic carbocycles. The number of cyclic esters (lactones) is 1. The smallest absolute Gasteiger partial charge is 0.414 e. The Morgan fingerprint density at radius 3 is 2.72 bits per heavy atom. The number of piperazine rings is 1. The zero-order valence-electron chi connectivity index (χ0n) is 17.4. The van der Waals surface area contributed by atoms with Gasteiger partial charge in [0.05, 0.1) is 24.5 Å². The highest BCUT2D eigenvalue weighted by atomic mass is 32.1. The molecule has 0 aliphatic carbocycles. The number of thiazole rings is 1. The van der Waals surface area contributed by atoms with Gasteiger partial charge in [0.1, 0.15) is 11.9 Å². The first-order chi connectivity index (χ1) is 15.4. The SMILES string of the molecule is CC(=O)NC[C@H]1CN(c2ccc(N3CCN(C(=O)Nc4nccs4)CC3)c(F)c2)C(=O)O1. The first-order valence-corrected chi connectivity index (χ1v) is 11.0. The molecular formula is C20H23FN6O4S. The van der Waals surface area contributed by atoms with Crippen molar-refractivity contribution in [2.75, 3.05) is 54.4 Å². The molecule has 2 N–H and O–H groups in total. The van der Waals surface area contributed by atoms with E-state index in [1.54, 1.807) is 28.6 Å². The van der Waals surface area contributed by atoms with E-state index in [2.05, 4.69) is 15.6 Å². The Morgan fingerprint density at radius 2 is 2.06 bits per heavy atom. The van der Waals surface area contributed by atoms with E-state index < -0.39 is 18.0 Å². The zero-order chi connectivity index (χ0) is 22.7. The topological polar surface area (TPSA) is 107 Å². The molecule has 0 spiro atoms. The Hall–Kier alpha value is -3.41. The number of amides is 4. The number of benzene rings is 1. The number of carbonyl (C=O) groups is 3. The van der Waals surface area contributed by atoms with Crippen molar-refractivity contribution >= 4 is 45.9 Å². The Kier molecular flexibility index (Phi) is 6.40. The summed E-state index contributed by atoms with van der Waals surface area (Å²) in [7, 11) is 0. The average Bonchev–Trinajstić information content (AvgIpc) is 3.41. The molecule has 0 unspecified atom stereocenters. The number of nitrogens with one attached hydrogen (secondary N) is 2. The summed E-state index contributed by atoms with van der Waals surface area (Å²) in [5.41, 5.74) is 0.805. The lowest BCUT2D eigenvalue weighted by atomic mass is 10.2. The second kappa shape index (κ2) is 9.39. The van der Waals surface area contributed by atoms with Gasteiger partial charge in [-0.05, 0) is 18.2 Å². The molecule has 0 saturated carbocycles. The van der Waals surface area contributed by atoms with E-state index >= 15 is 0 Å². The molecule has 4 rings (SSSR count). The molecule has 1 atom stereocenters. The van der Waals surface area contributed by atoms with Crippen LogP contribution in [0.2, 0.25) is 0 Å². The second-order valence-electron chi connectivity index (χ2n) is 7.43. The van der Waals surface area contributed by atoms with Crippen LogP contribution in [0.25, 0.3) is 0 Å². The van der Waals surface area contributed by atoms with Gasteiger partial charge in [-0.25, -0.2) is 19.0 Å². The molecule has 2 fully saturated rings. The third-order valence-corrected chi connectivity index (χ3v) is 5.94. The number of hydrogen-bond acceptors (Lipinski definition) is 7. The maximum absolute atomic E-state index is 14.9. The summed E-state index contributed by atoms with van der Waals surface area (Å²) >= 11 is 1.35. The van der Waals surface area contributed by atoms with Gasteiger partial charge in [0.15, 0.2) is 5.13 Å². The highest BCUT2D eigenvalue weighted by Gasteiger charge is 2.33. The Balaban J connectivity index is 1.34. The molecule has 0 radical (unpaired) electrons. The number of aromatic nitrogens is 1. The molecule has 4 amide bonds. The second-order valence-corrected chi connectivity index (χ2v) is 8.33. The number of urea groups is 1. The van der Waals surface area contributed by atoms with Crippen LogP contribution in [0.5, 0.6) is 0 Å². The number of nitrogens with zero attached hydrogens (tertiary/aromatic N) is 4.